The van der Waals surface area contributed by atoms with Crippen LogP contribution in [0.3, 0.4) is 0 Å². The van der Waals surface area contributed by atoms with Crippen LogP contribution < -0.4 is 0 Å². The van der Waals surface area contributed by atoms with Crippen LogP contribution in [0.5, 0.6) is 0 Å². The molecule has 0 bridgehead atoms. The Labute approximate surface area is 302 Å². The van der Waals surface area contributed by atoms with Crippen LogP contribution in [0.15, 0.2) is 73.3 Å². The molecule has 2 aromatic rings. The van der Waals surface area contributed by atoms with Crippen LogP contribution in [0.25, 0.3) is 0 Å². The second kappa shape index (κ2) is 13.9. The van der Waals surface area contributed by atoms with Crippen molar-refractivity contribution in [1.29, 1.82) is 0 Å². The molecule has 1 N–H and O–H groups in total. The predicted octanol–water partition coefficient (Wildman–Crippen LogP) is 4.81. The number of ketones is 1. The molecule has 0 spiro atoms. The van der Waals surface area contributed by atoms with Crippen molar-refractivity contribution in [3.05, 3.63) is 84.4 Å². The fraction of sp³-hybridized carbons (Fsp3) is 0.500. The fourth-order valence-electron chi connectivity index (χ4n) is 9.28. The molecule has 3 saturated carbocycles. The first-order chi connectivity index (χ1) is 24.3. The minimum Gasteiger partial charge on any atom is -0.459 e. The number of carbonyl (C=O) groups is 6. The van der Waals surface area contributed by atoms with E-state index < -0.39 is 99.8 Å². The van der Waals surface area contributed by atoms with Crippen molar-refractivity contribution in [3.63, 3.8) is 0 Å². The van der Waals surface area contributed by atoms with E-state index in [9.17, 15) is 33.9 Å². The highest BCUT2D eigenvalue weighted by Gasteiger charge is 2.79. The molecule has 0 amide bonds. The highest BCUT2D eigenvalue weighted by molar-refractivity contribution is 5.97. The van der Waals surface area contributed by atoms with E-state index in [1.54, 1.807) is 76.2 Å². The molecule has 0 aromatic heterocycles. The van der Waals surface area contributed by atoms with Gasteiger partial charge in [-0.1, -0.05) is 63.2 Å². The maximum Gasteiger partial charge on any atom is 0.338 e. The number of hydrogen-bond acceptors (Lipinski definition) is 12. The van der Waals surface area contributed by atoms with Crippen LogP contribution in [0.1, 0.15) is 82.0 Å². The lowest BCUT2D eigenvalue weighted by Gasteiger charge is -2.69. The SMILES string of the molecule is C=C[C@@]1(C)C[C@@H](OC(=O)c2ccccc2)[C@@H]2C3(C)[C@@H](OC(=O)c4ccccc4)[C@@H](OC(C)=O)[C@@H](OC(C)=O)C(C)(C)[C@@H]3C[C@@H](OC(C)=O)[C@@]2(O)C1=O. The molecule has 10 atom stereocenters. The number of fused-ring (bicyclic) bond motifs is 3. The molecule has 3 aliphatic rings. The number of hydrogen-bond donors (Lipinski definition) is 1. The molecule has 278 valence electrons. The van der Waals surface area contributed by atoms with E-state index in [1.807, 2.05) is 0 Å². The van der Waals surface area contributed by atoms with E-state index in [4.69, 9.17) is 23.7 Å². The van der Waals surface area contributed by atoms with Crippen molar-refractivity contribution in [1.82, 2.24) is 0 Å². The van der Waals surface area contributed by atoms with Crippen molar-refractivity contribution in [3.8, 4) is 0 Å². The standard InChI is InChI=1S/C40H46O12/c1-9-38(7)21-27(51-34(44)25-16-12-10-13-17-25)31-39(8)28(20-29(48-22(2)41)40(31,47)36(38)46)37(5,6)32(50-24(4)43)30(49-23(3)42)33(39)52-35(45)26-18-14-11-15-19-26/h9-19,27-33,47H,1,20-21H2,2-8H3/t27-,28+,29-,30+,31-,32-,33+,38+,39?,40+/m1/s1. The molecule has 2 aromatic carbocycles. The topological polar surface area (TPSA) is 169 Å². The van der Waals surface area contributed by atoms with Gasteiger partial charge in [0.2, 0.25) is 0 Å². The zero-order chi connectivity index (χ0) is 38.4. The minimum absolute atomic E-state index is 0.146. The maximum absolute atomic E-state index is 14.8. The average Bonchev–Trinajstić information content (AvgIpc) is 3.08. The molecule has 12 nitrogen and oxygen atoms in total. The monoisotopic (exact) mass is 718 g/mol. The number of benzene rings is 2. The molecule has 0 aliphatic heterocycles. The second-order valence-corrected chi connectivity index (χ2v) is 15.1. The first-order valence-electron chi connectivity index (χ1n) is 17.3. The Bertz CT molecular complexity index is 1750. The van der Waals surface area contributed by atoms with Crippen molar-refractivity contribution in [2.45, 2.75) is 97.4 Å². The summed E-state index contributed by atoms with van der Waals surface area (Å²) in [5.41, 5.74) is -6.47. The van der Waals surface area contributed by atoms with Crippen LogP contribution >= 0.6 is 0 Å². The molecule has 5 rings (SSSR count). The van der Waals surface area contributed by atoms with Crippen LogP contribution in [0, 0.1) is 28.1 Å². The summed E-state index contributed by atoms with van der Waals surface area (Å²) < 4.78 is 30.2. The van der Waals surface area contributed by atoms with E-state index in [1.165, 1.54) is 25.1 Å². The Kier molecular flexibility index (Phi) is 10.3. The van der Waals surface area contributed by atoms with Crippen molar-refractivity contribution >= 4 is 35.6 Å². The van der Waals surface area contributed by atoms with Crippen LogP contribution in [0.2, 0.25) is 0 Å². The van der Waals surface area contributed by atoms with E-state index in [0.29, 0.717) is 0 Å². The van der Waals surface area contributed by atoms with E-state index in [-0.39, 0.29) is 24.0 Å². The lowest BCUT2D eigenvalue weighted by atomic mass is 9.38. The van der Waals surface area contributed by atoms with Crippen molar-refractivity contribution in [2.24, 2.45) is 28.1 Å². The van der Waals surface area contributed by atoms with Gasteiger partial charge in [0.1, 0.15) is 24.4 Å². The summed E-state index contributed by atoms with van der Waals surface area (Å²) in [6, 6.07) is 16.2. The number of aliphatic hydroxyl groups is 1. The molecule has 0 radical (unpaired) electrons. The highest BCUT2D eigenvalue weighted by Crippen LogP contribution is 2.68. The van der Waals surface area contributed by atoms with Gasteiger partial charge in [0, 0.05) is 43.9 Å². The van der Waals surface area contributed by atoms with Gasteiger partial charge in [-0.05, 0) is 43.5 Å². The third-order valence-electron chi connectivity index (χ3n) is 11.4. The molecule has 0 heterocycles. The number of Topliss-reactive ketones (excluding diaryl/α,β-unsaturated/α-hetero) is 1. The summed E-state index contributed by atoms with van der Waals surface area (Å²) in [6.45, 7) is 14.1. The molecule has 12 heteroatoms. The molecular formula is C40H46O12. The van der Waals surface area contributed by atoms with Gasteiger partial charge in [0.25, 0.3) is 0 Å². The number of allylic oxidation sites excluding steroid dienone is 1. The largest absolute Gasteiger partial charge is 0.459 e. The summed E-state index contributed by atoms with van der Waals surface area (Å²) in [5, 5.41) is 13.1. The molecule has 0 saturated heterocycles. The third kappa shape index (κ3) is 6.42. The van der Waals surface area contributed by atoms with E-state index >= 15 is 0 Å². The van der Waals surface area contributed by atoms with Crippen molar-refractivity contribution < 1.29 is 57.6 Å². The molecule has 1 unspecified atom stereocenters. The smallest absolute Gasteiger partial charge is 0.338 e. The van der Waals surface area contributed by atoms with Crippen LogP contribution in [-0.4, -0.2) is 76.9 Å². The summed E-state index contributed by atoms with van der Waals surface area (Å²) in [5.74, 6) is -6.85. The zero-order valence-corrected chi connectivity index (χ0v) is 30.5. The first-order valence-corrected chi connectivity index (χ1v) is 17.3. The predicted molar refractivity (Wildman–Crippen MR) is 184 cm³/mol. The normalized spacial score (nSPS) is 34.7. The van der Waals surface area contributed by atoms with Gasteiger partial charge in [0.05, 0.1) is 16.5 Å². The zero-order valence-electron chi connectivity index (χ0n) is 30.5. The molecule has 3 aliphatic carbocycles. The Hall–Kier alpha value is -4.84. The Morgan fingerprint density at radius 1 is 0.731 bits per heavy atom. The number of carbonyl (C=O) groups excluding carboxylic acids is 6. The Morgan fingerprint density at radius 2 is 1.23 bits per heavy atom. The average molecular weight is 719 g/mol. The summed E-state index contributed by atoms with van der Waals surface area (Å²) >= 11 is 0. The van der Waals surface area contributed by atoms with Gasteiger partial charge >= 0.3 is 29.8 Å². The molecular weight excluding hydrogens is 672 g/mol. The first kappa shape index (κ1) is 38.4. The van der Waals surface area contributed by atoms with Gasteiger partial charge in [-0.15, -0.1) is 6.58 Å². The third-order valence-corrected chi connectivity index (χ3v) is 11.4. The molecule has 52 heavy (non-hydrogen) atoms. The number of ether oxygens (including phenoxy) is 5. The highest BCUT2D eigenvalue weighted by atomic mass is 16.6. The van der Waals surface area contributed by atoms with Gasteiger partial charge in [-0.2, -0.15) is 0 Å². The number of rotatable bonds is 8. The summed E-state index contributed by atoms with van der Waals surface area (Å²) in [4.78, 5) is 80.9. The second-order valence-electron chi connectivity index (χ2n) is 15.1. The Balaban J connectivity index is 1.82. The van der Waals surface area contributed by atoms with Gasteiger partial charge < -0.3 is 28.8 Å². The lowest BCUT2D eigenvalue weighted by Crippen LogP contribution is -2.81. The van der Waals surface area contributed by atoms with E-state index in [2.05, 4.69) is 6.58 Å². The van der Waals surface area contributed by atoms with Crippen LogP contribution in [0.4, 0.5) is 0 Å². The fourth-order valence-corrected chi connectivity index (χ4v) is 9.28. The van der Waals surface area contributed by atoms with Gasteiger partial charge in [0.15, 0.2) is 17.5 Å². The maximum atomic E-state index is 14.8. The molecule has 3 fully saturated rings. The van der Waals surface area contributed by atoms with Crippen molar-refractivity contribution in [2.75, 3.05) is 0 Å². The quantitative estimate of drug-likeness (QED) is 0.225. The summed E-state index contributed by atoms with van der Waals surface area (Å²) in [7, 11) is 0. The Morgan fingerprint density at radius 3 is 1.71 bits per heavy atom. The minimum atomic E-state index is -2.55. The lowest BCUT2D eigenvalue weighted by molar-refractivity contribution is -0.314. The van der Waals surface area contributed by atoms with E-state index in [0.717, 1.165) is 13.8 Å². The number of esters is 5. The van der Waals surface area contributed by atoms with Gasteiger partial charge in [-0.25, -0.2) is 9.59 Å². The van der Waals surface area contributed by atoms with Crippen LogP contribution in [-0.2, 0) is 42.9 Å². The van der Waals surface area contributed by atoms with Gasteiger partial charge in [-0.3, -0.25) is 19.2 Å². The summed E-state index contributed by atoms with van der Waals surface area (Å²) in [6.07, 6.45) is -5.96.